The van der Waals surface area contributed by atoms with Gasteiger partial charge in [-0.3, -0.25) is 10.1 Å². The van der Waals surface area contributed by atoms with E-state index in [1.165, 1.54) is 6.20 Å². The van der Waals surface area contributed by atoms with Crippen LogP contribution in [-0.4, -0.2) is 34.2 Å². The quantitative estimate of drug-likeness (QED) is 0.599. The zero-order valence-electron chi connectivity index (χ0n) is 10.2. The molecular formula is C10H8N4O6S. The fourth-order valence-electron chi connectivity index (χ4n) is 1.59. The van der Waals surface area contributed by atoms with Gasteiger partial charge in [-0.05, 0) is 18.2 Å². The van der Waals surface area contributed by atoms with Crippen LogP contribution in [0.1, 0.15) is 10.5 Å². The van der Waals surface area contributed by atoms with Crippen molar-refractivity contribution in [2.24, 2.45) is 5.14 Å². The van der Waals surface area contributed by atoms with Gasteiger partial charge in [0, 0.05) is 12.3 Å². The van der Waals surface area contributed by atoms with Crippen LogP contribution in [0.15, 0.2) is 35.4 Å². The first-order valence-corrected chi connectivity index (χ1v) is 6.85. The number of aromatic carboxylic acids is 1. The van der Waals surface area contributed by atoms with E-state index in [0.717, 1.165) is 28.9 Å². The third-order valence-corrected chi connectivity index (χ3v) is 3.44. The summed E-state index contributed by atoms with van der Waals surface area (Å²) in [6.07, 6.45) is 1.21. The highest BCUT2D eigenvalue weighted by Gasteiger charge is 2.21. The van der Waals surface area contributed by atoms with E-state index in [9.17, 15) is 23.3 Å². The van der Waals surface area contributed by atoms with E-state index in [-0.39, 0.29) is 11.4 Å². The zero-order valence-corrected chi connectivity index (χ0v) is 11.0. The molecule has 0 aliphatic carbocycles. The first-order chi connectivity index (χ1) is 9.70. The molecule has 0 aliphatic heterocycles. The number of carboxylic acids is 1. The molecule has 0 atom stereocenters. The molecule has 2 rings (SSSR count). The van der Waals surface area contributed by atoms with Gasteiger partial charge in [-0.15, -0.1) is 0 Å². The van der Waals surface area contributed by atoms with E-state index in [4.69, 9.17) is 10.2 Å². The van der Waals surface area contributed by atoms with Gasteiger partial charge in [0.2, 0.25) is 10.0 Å². The lowest BCUT2D eigenvalue weighted by Gasteiger charge is -2.04. The number of primary sulfonamides is 1. The lowest BCUT2D eigenvalue weighted by atomic mass is 10.2. The second-order valence-corrected chi connectivity index (χ2v) is 5.46. The molecular weight excluding hydrogens is 304 g/mol. The molecule has 21 heavy (non-hydrogen) atoms. The van der Waals surface area contributed by atoms with Crippen LogP contribution in [0.3, 0.4) is 0 Å². The molecule has 1 aromatic carbocycles. The highest BCUT2D eigenvalue weighted by molar-refractivity contribution is 7.89. The molecule has 11 heteroatoms. The SMILES string of the molecule is NS(=O)(=O)c1ccc(-n2ccc(C(=O)O)n2)c([N+](=O)[O-])c1. The molecule has 0 unspecified atom stereocenters. The Labute approximate surface area is 117 Å². The summed E-state index contributed by atoms with van der Waals surface area (Å²) >= 11 is 0. The normalized spacial score (nSPS) is 11.3. The smallest absolute Gasteiger partial charge is 0.356 e. The lowest BCUT2D eigenvalue weighted by molar-refractivity contribution is -0.384. The minimum atomic E-state index is -4.09. The minimum absolute atomic E-state index is 0.0834. The number of nitrogens with zero attached hydrogens (tertiary/aromatic N) is 3. The zero-order chi connectivity index (χ0) is 15.8. The molecule has 0 saturated carbocycles. The highest BCUT2D eigenvalue weighted by atomic mass is 32.2. The fourth-order valence-corrected chi connectivity index (χ4v) is 2.13. The van der Waals surface area contributed by atoms with Gasteiger partial charge in [-0.1, -0.05) is 0 Å². The van der Waals surface area contributed by atoms with E-state index < -0.39 is 31.5 Å². The number of aromatic nitrogens is 2. The number of sulfonamides is 1. The molecule has 2 aromatic rings. The van der Waals surface area contributed by atoms with Gasteiger partial charge < -0.3 is 5.11 Å². The Morgan fingerprint density at radius 3 is 2.52 bits per heavy atom. The Balaban J connectivity index is 2.63. The first kappa shape index (κ1) is 14.6. The van der Waals surface area contributed by atoms with E-state index in [1.54, 1.807) is 0 Å². The average Bonchev–Trinajstić information content (AvgIpc) is 2.86. The second-order valence-electron chi connectivity index (χ2n) is 3.90. The van der Waals surface area contributed by atoms with Crippen molar-refractivity contribution in [3.05, 3.63) is 46.3 Å². The van der Waals surface area contributed by atoms with Gasteiger partial charge in [-0.2, -0.15) is 5.10 Å². The topological polar surface area (TPSA) is 158 Å². The maximum atomic E-state index is 11.2. The number of rotatable bonds is 4. The third-order valence-electron chi connectivity index (χ3n) is 2.53. The van der Waals surface area contributed by atoms with Crippen molar-refractivity contribution in [2.45, 2.75) is 4.90 Å². The molecule has 0 amide bonds. The van der Waals surface area contributed by atoms with Crippen LogP contribution in [0.4, 0.5) is 5.69 Å². The van der Waals surface area contributed by atoms with Gasteiger partial charge in [0.1, 0.15) is 5.69 Å². The number of benzene rings is 1. The number of carboxylic acid groups (broad SMARTS) is 1. The number of nitro benzene ring substituents is 1. The minimum Gasteiger partial charge on any atom is -0.476 e. The summed E-state index contributed by atoms with van der Waals surface area (Å²) in [4.78, 5) is 20.5. The lowest BCUT2D eigenvalue weighted by Crippen LogP contribution is -2.13. The van der Waals surface area contributed by atoms with Crippen LogP contribution in [0, 0.1) is 10.1 Å². The molecule has 3 N–H and O–H groups in total. The van der Waals surface area contributed by atoms with Crippen LogP contribution >= 0.6 is 0 Å². The van der Waals surface area contributed by atoms with E-state index >= 15 is 0 Å². The summed E-state index contributed by atoms with van der Waals surface area (Å²) in [5.41, 5.74) is -0.957. The van der Waals surface area contributed by atoms with Crippen LogP contribution in [0.25, 0.3) is 5.69 Å². The summed E-state index contributed by atoms with van der Waals surface area (Å²) in [6, 6.07) is 4.13. The first-order valence-electron chi connectivity index (χ1n) is 5.31. The monoisotopic (exact) mass is 312 g/mol. The molecule has 0 spiro atoms. The summed E-state index contributed by atoms with van der Waals surface area (Å²) < 4.78 is 23.4. The average molecular weight is 312 g/mol. The molecule has 1 aromatic heterocycles. The summed E-state index contributed by atoms with van der Waals surface area (Å²) in [6.45, 7) is 0. The molecule has 110 valence electrons. The van der Waals surface area contributed by atoms with Crippen LogP contribution in [-0.2, 0) is 10.0 Å². The number of hydrogen-bond acceptors (Lipinski definition) is 6. The third kappa shape index (κ3) is 2.88. The maximum absolute atomic E-state index is 11.2. The number of carbonyl (C=O) groups is 1. The Hall–Kier alpha value is -2.79. The molecule has 0 aliphatic rings. The second kappa shape index (κ2) is 4.96. The molecule has 1 heterocycles. The van der Waals surface area contributed by atoms with Crippen molar-refractivity contribution < 1.29 is 23.2 Å². The molecule has 0 bridgehead atoms. The van der Waals surface area contributed by atoms with Crippen molar-refractivity contribution >= 4 is 21.7 Å². The van der Waals surface area contributed by atoms with Gasteiger partial charge >= 0.3 is 5.97 Å². The van der Waals surface area contributed by atoms with Crippen LogP contribution in [0.2, 0.25) is 0 Å². The highest BCUT2D eigenvalue weighted by Crippen LogP contribution is 2.25. The van der Waals surface area contributed by atoms with Gasteiger partial charge in [-0.25, -0.2) is 23.0 Å². The maximum Gasteiger partial charge on any atom is 0.356 e. The summed E-state index contributed by atoms with van der Waals surface area (Å²) in [5, 5.41) is 28.4. The van der Waals surface area contributed by atoms with E-state index in [2.05, 4.69) is 5.10 Å². The predicted molar refractivity (Wildman–Crippen MR) is 68.6 cm³/mol. The molecule has 10 nitrogen and oxygen atoms in total. The van der Waals surface area contributed by atoms with Crippen molar-refractivity contribution in [2.75, 3.05) is 0 Å². The van der Waals surface area contributed by atoms with Gasteiger partial charge in [0.05, 0.1) is 9.82 Å². The Morgan fingerprint density at radius 2 is 2.05 bits per heavy atom. The Kier molecular flexibility index (Phi) is 3.45. The van der Waals surface area contributed by atoms with Crippen molar-refractivity contribution in [1.82, 2.24) is 9.78 Å². The van der Waals surface area contributed by atoms with Crippen molar-refractivity contribution in [3.8, 4) is 5.69 Å². The molecule has 0 radical (unpaired) electrons. The summed E-state index contributed by atoms with van der Waals surface area (Å²) in [7, 11) is -4.09. The van der Waals surface area contributed by atoms with Gasteiger partial charge in [0.25, 0.3) is 5.69 Å². The van der Waals surface area contributed by atoms with E-state index in [0.29, 0.717) is 0 Å². The Bertz CT molecular complexity index is 841. The Morgan fingerprint density at radius 1 is 1.38 bits per heavy atom. The fraction of sp³-hybridized carbons (Fsp3) is 0. The van der Waals surface area contributed by atoms with Crippen molar-refractivity contribution in [1.29, 1.82) is 0 Å². The summed E-state index contributed by atoms with van der Waals surface area (Å²) in [5.74, 6) is -1.29. The predicted octanol–water partition coefficient (Wildman–Crippen LogP) is 0.126. The number of nitrogens with two attached hydrogens (primary N) is 1. The van der Waals surface area contributed by atoms with E-state index in [1.807, 2.05) is 0 Å². The number of nitro groups is 1. The van der Waals surface area contributed by atoms with Crippen LogP contribution < -0.4 is 5.14 Å². The molecule has 0 fully saturated rings. The largest absolute Gasteiger partial charge is 0.476 e. The molecule has 0 saturated heterocycles. The number of hydrogen-bond donors (Lipinski definition) is 2. The van der Waals surface area contributed by atoms with Crippen molar-refractivity contribution in [3.63, 3.8) is 0 Å². The van der Waals surface area contributed by atoms with Gasteiger partial charge in [0.15, 0.2) is 5.69 Å². The standard InChI is InChI=1S/C10H8N4O6S/c11-21(19,20)6-1-2-8(9(5-6)14(17)18)13-4-3-7(12-13)10(15)16/h1-5H,(H,15,16)(H2,11,19,20). The van der Waals surface area contributed by atoms with Crippen LogP contribution in [0.5, 0.6) is 0 Å².